The smallest absolute Gasteiger partial charge is 0.433 e. The van der Waals surface area contributed by atoms with E-state index >= 15 is 0 Å². The normalized spacial score (nSPS) is 11.2. The summed E-state index contributed by atoms with van der Waals surface area (Å²) in [7, 11) is 0. The number of ether oxygens (including phenoxy) is 1. The number of nitro groups is 1. The van der Waals surface area contributed by atoms with E-state index in [9.17, 15) is 28.1 Å². The van der Waals surface area contributed by atoms with Gasteiger partial charge in [0.2, 0.25) is 5.95 Å². The maximum Gasteiger partial charge on any atom is 0.433 e. The summed E-state index contributed by atoms with van der Waals surface area (Å²) in [5.41, 5.74) is -0.681. The van der Waals surface area contributed by atoms with E-state index in [-0.39, 0.29) is 11.3 Å². The fourth-order valence-corrected chi connectivity index (χ4v) is 2.86. The lowest BCUT2D eigenvalue weighted by Gasteiger charge is -2.10. The Balaban J connectivity index is 1.52. The molecule has 0 aliphatic carbocycles. The van der Waals surface area contributed by atoms with Gasteiger partial charge < -0.3 is 4.74 Å². The van der Waals surface area contributed by atoms with Crippen LogP contribution in [0.2, 0.25) is 0 Å². The Hall–Kier alpha value is -4.61. The molecule has 2 aromatic heterocycles. The van der Waals surface area contributed by atoms with Gasteiger partial charge >= 0.3 is 6.18 Å². The van der Waals surface area contributed by atoms with Gasteiger partial charge in [-0.1, -0.05) is 0 Å². The van der Waals surface area contributed by atoms with Crippen LogP contribution in [0.3, 0.4) is 0 Å². The van der Waals surface area contributed by atoms with E-state index < -0.39 is 28.6 Å². The molecule has 0 aliphatic rings. The number of pyridine rings is 1. The summed E-state index contributed by atoms with van der Waals surface area (Å²) in [6.45, 7) is 0. The average molecular weight is 455 g/mol. The maximum absolute atomic E-state index is 12.8. The van der Waals surface area contributed by atoms with E-state index in [0.717, 1.165) is 6.20 Å². The third kappa shape index (κ3) is 4.84. The number of non-ortho nitro benzene ring substituents is 1. The van der Waals surface area contributed by atoms with E-state index in [1.807, 2.05) is 0 Å². The van der Waals surface area contributed by atoms with Crippen molar-refractivity contribution in [2.75, 3.05) is 5.32 Å². The number of hydrogen-bond donors (Lipinski definition) is 1. The number of nitro benzene ring substituents is 1. The third-order valence-electron chi connectivity index (χ3n) is 4.41. The number of aromatic nitrogens is 3. The van der Waals surface area contributed by atoms with E-state index in [1.165, 1.54) is 54.7 Å². The molecule has 2 aromatic carbocycles. The molecule has 4 aromatic rings. The first-order valence-electron chi connectivity index (χ1n) is 9.23. The van der Waals surface area contributed by atoms with Crippen LogP contribution in [0.1, 0.15) is 16.1 Å². The molecule has 4 rings (SSSR count). The molecule has 12 heteroatoms. The Morgan fingerprint density at radius 2 is 1.73 bits per heavy atom. The van der Waals surface area contributed by atoms with Gasteiger partial charge in [0.05, 0.1) is 10.4 Å². The summed E-state index contributed by atoms with van der Waals surface area (Å²) in [6.07, 6.45) is -2.29. The van der Waals surface area contributed by atoms with Crippen molar-refractivity contribution in [1.82, 2.24) is 15.0 Å². The summed E-state index contributed by atoms with van der Waals surface area (Å²) in [4.78, 5) is 33.9. The lowest BCUT2D eigenvalue weighted by molar-refractivity contribution is -0.384. The second-order valence-electron chi connectivity index (χ2n) is 6.61. The molecule has 9 nitrogen and oxygen atoms in total. The fraction of sp³-hybridized carbons (Fsp3) is 0.0476. The molecular weight excluding hydrogens is 443 g/mol. The number of alkyl halides is 3. The van der Waals surface area contributed by atoms with E-state index in [2.05, 4.69) is 20.3 Å². The van der Waals surface area contributed by atoms with Gasteiger partial charge in [-0.25, -0.2) is 9.97 Å². The number of rotatable bonds is 5. The highest BCUT2D eigenvalue weighted by molar-refractivity contribution is 6.03. The predicted octanol–water partition coefficient (Wildman–Crippen LogP) is 5.00. The summed E-state index contributed by atoms with van der Waals surface area (Å²) in [5, 5.41) is 13.7. The lowest BCUT2D eigenvalue weighted by Crippen LogP contribution is -2.16. The minimum Gasteiger partial charge on any atom is -0.457 e. The van der Waals surface area contributed by atoms with Crippen LogP contribution >= 0.6 is 0 Å². The number of nitrogens with one attached hydrogen (secondary N) is 1. The first-order valence-corrected chi connectivity index (χ1v) is 9.23. The van der Waals surface area contributed by atoms with Crippen molar-refractivity contribution in [3.8, 4) is 11.5 Å². The van der Waals surface area contributed by atoms with Crippen molar-refractivity contribution in [3.05, 3.63) is 88.4 Å². The Morgan fingerprint density at radius 3 is 2.42 bits per heavy atom. The largest absolute Gasteiger partial charge is 0.457 e. The number of anilines is 1. The van der Waals surface area contributed by atoms with E-state index in [1.54, 1.807) is 0 Å². The van der Waals surface area contributed by atoms with E-state index in [4.69, 9.17) is 4.74 Å². The van der Waals surface area contributed by atoms with Crippen LogP contribution in [-0.2, 0) is 6.18 Å². The number of nitrogens with zero attached hydrogens (tertiary/aromatic N) is 4. The molecule has 0 radical (unpaired) electrons. The second-order valence-corrected chi connectivity index (χ2v) is 6.61. The molecule has 0 saturated heterocycles. The molecule has 0 unspecified atom stereocenters. The number of halogens is 3. The zero-order valence-corrected chi connectivity index (χ0v) is 16.4. The summed E-state index contributed by atoms with van der Waals surface area (Å²) >= 11 is 0. The number of fused-ring (bicyclic) bond motifs is 1. The summed E-state index contributed by atoms with van der Waals surface area (Å²) in [6, 6.07) is 12.1. The van der Waals surface area contributed by atoms with Gasteiger partial charge in [0, 0.05) is 35.5 Å². The number of amides is 1. The van der Waals surface area contributed by atoms with Crippen molar-refractivity contribution >= 4 is 28.4 Å². The molecule has 166 valence electrons. The average Bonchev–Trinajstić information content (AvgIpc) is 2.79. The third-order valence-corrected chi connectivity index (χ3v) is 4.41. The van der Waals surface area contributed by atoms with Crippen LogP contribution in [0.4, 0.5) is 24.8 Å². The Labute approximate surface area is 183 Å². The predicted molar refractivity (Wildman–Crippen MR) is 110 cm³/mol. The SMILES string of the molecule is O=C(Nc1nccc(C(F)(F)F)n1)c1ccc(Oc2ccnc3ccc([N+](=O)[O-])cc23)cc1. The molecule has 0 spiro atoms. The number of carbonyl (C=O) groups is 1. The van der Waals surface area contributed by atoms with Crippen molar-refractivity contribution in [2.24, 2.45) is 0 Å². The number of carbonyl (C=O) groups excluding carboxylic acids is 1. The van der Waals surface area contributed by atoms with E-state index in [0.29, 0.717) is 28.5 Å². The van der Waals surface area contributed by atoms with Crippen molar-refractivity contribution in [1.29, 1.82) is 0 Å². The van der Waals surface area contributed by atoms with Crippen LogP contribution in [0.5, 0.6) is 11.5 Å². The highest BCUT2D eigenvalue weighted by atomic mass is 19.4. The van der Waals surface area contributed by atoms with Gasteiger partial charge in [0.1, 0.15) is 17.2 Å². The monoisotopic (exact) mass is 455 g/mol. The molecule has 0 bridgehead atoms. The Bertz CT molecular complexity index is 1360. The van der Waals surface area contributed by atoms with Gasteiger partial charge in [-0.2, -0.15) is 13.2 Å². The van der Waals surface area contributed by atoms with Crippen LogP contribution in [-0.4, -0.2) is 25.8 Å². The molecule has 2 heterocycles. The highest BCUT2D eigenvalue weighted by Crippen LogP contribution is 2.31. The first kappa shape index (κ1) is 21.6. The molecule has 1 amide bonds. The quantitative estimate of drug-likeness (QED) is 0.332. The standard InChI is InChI=1S/C21H12F3N5O4/c22-21(23,24)18-8-10-26-20(27-18)28-19(30)12-1-4-14(5-2-12)33-17-7-9-25-16-6-3-13(29(31)32)11-15(16)17/h1-11H,(H,26,27,28,30). The van der Waals surface area contributed by atoms with Gasteiger partial charge in [-0.3, -0.25) is 25.2 Å². The minimum absolute atomic E-state index is 0.121. The molecule has 1 N–H and O–H groups in total. The number of benzene rings is 2. The first-order chi connectivity index (χ1) is 15.7. The molecule has 0 fully saturated rings. The van der Waals surface area contributed by atoms with Gasteiger partial charge in [0.25, 0.3) is 11.6 Å². The van der Waals surface area contributed by atoms with Gasteiger partial charge in [-0.15, -0.1) is 0 Å². The maximum atomic E-state index is 12.8. The summed E-state index contributed by atoms with van der Waals surface area (Å²) < 4.78 is 44.1. The Kier molecular flexibility index (Phi) is 5.56. The zero-order chi connectivity index (χ0) is 23.6. The molecule has 33 heavy (non-hydrogen) atoms. The van der Waals surface area contributed by atoms with Crippen molar-refractivity contribution < 1.29 is 27.6 Å². The van der Waals surface area contributed by atoms with Crippen LogP contribution in [0.15, 0.2) is 67.0 Å². The topological polar surface area (TPSA) is 120 Å². The highest BCUT2D eigenvalue weighted by Gasteiger charge is 2.33. The Morgan fingerprint density at radius 1 is 1.00 bits per heavy atom. The van der Waals surface area contributed by atoms with Gasteiger partial charge in [-0.05, 0) is 42.5 Å². The number of hydrogen-bond acceptors (Lipinski definition) is 7. The molecule has 0 atom stereocenters. The fourth-order valence-electron chi connectivity index (χ4n) is 2.86. The van der Waals surface area contributed by atoms with Crippen molar-refractivity contribution in [2.45, 2.75) is 6.18 Å². The lowest BCUT2D eigenvalue weighted by atomic mass is 10.2. The molecule has 0 aliphatic heterocycles. The van der Waals surface area contributed by atoms with Crippen LogP contribution in [0.25, 0.3) is 10.9 Å². The second kappa shape index (κ2) is 8.49. The van der Waals surface area contributed by atoms with Crippen LogP contribution in [0, 0.1) is 10.1 Å². The van der Waals surface area contributed by atoms with Crippen LogP contribution < -0.4 is 10.1 Å². The van der Waals surface area contributed by atoms with Gasteiger partial charge in [0.15, 0.2) is 0 Å². The van der Waals surface area contributed by atoms with Crippen molar-refractivity contribution in [3.63, 3.8) is 0 Å². The summed E-state index contributed by atoms with van der Waals surface area (Å²) in [5.74, 6) is -0.565. The molecular formula is C21H12F3N5O4. The minimum atomic E-state index is -4.67. The zero-order valence-electron chi connectivity index (χ0n) is 16.4. The molecule has 0 saturated carbocycles.